The highest BCUT2D eigenvalue weighted by Crippen LogP contribution is 2.38. The molecule has 0 bridgehead atoms. The van der Waals surface area contributed by atoms with Crippen molar-refractivity contribution in [1.29, 1.82) is 0 Å². The monoisotopic (exact) mass is 1400 g/mol. The number of hydrogen-bond donors (Lipinski definition) is 0. The maximum absolute atomic E-state index is 12.9. The van der Waals surface area contributed by atoms with E-state index in [2.05, 4.69) is 135 Å². The molecule has 0 aromatic heterocycles. The summed E-state index contributed by atoms with van der Waals surface area (Å²) in [5, 5.41) is 0. The molecule has 0 amide bonds. The zero-order valence-electron chi connectivity index (χ0n) is 65.4. The van der Waals surface area contributed by atoms with Crippen LogP contribution >= 0.6 is 7.82 Å². The number of unbranched alkanes of at least 4 members (excludes halogenated alkanes) is 43. The van der Waals surface area contributed by atoms with Crippen LogP contribution in [0.25, 0.3) is 0 Å². The van der Waals surface area contributed by atoms with E-state index < -0.39 is 26.5 Å². The summed E-state index contributed by atoms with van der Waals surface area (Å²) in [4.78, 5) is 38.2. The van der Waals surface area contributed by atoms with Crippen LogP contribution in [0.4, 0.5) is 0 Å². The first-order valence-electron chi connectivity index (χ1n) is 41.7. The highest BCUT2D eigenvalue weighted by Gasteiger charge is 2.22. The summed E-state index contributed by atoms with van der Waals surface area (Å²) in [6.45, 7) is 4.17. The number of allylic oxidation sites excluding steroid dienone is 20. The molecule has 0 rings (SSSR count). The third kappa shape index (κ3) is 83.2. The molecule has 0 radical (unpaired) electrons. The smallest absolute Gasteiger partial charge is 0.306 e. The molecule has 0 spiro atoms. The average Bonchev–Trinajstić information content (AvgIpc) is 0.987. The lowest BCUT2D eigenvalue weighted by Gasteiger charge is -2.28. The number of quaternary nitrogens is 1. The molecule has 0 fully saturated rings. The highest BCUT2D eigenvalue weighted by molar-refractivity contribution is 7.45. The molecule has 2 atom stereocenters. The quantitative estimate of drug-likeness (QED) is 0.0195. The van der Waals surface area contributed by atoms with Gasteiger partial charge in [-0.1, -0.05) is 399 Å². The van der Waals surface area contributed by atoms with Crippen LogP contribution in [0.5, 0.6) is 0 Å². The van der Waals surface area contributed by atoms with Crippen molar-refractivity contribution >= 4 is 19.8 Å². The molecule has 2 unspecified atom stereocenters. The van der Waals surface area contributed by atoms with Crippen molar-refractivity contribution in [3.63, 3.8) is 0 Å². The van der Waals surface area contributed by atoms with E-state index in [1.165, 1.54) is 238 Å². The van der Waals surface area contributed by atoms with Crippen LogP contribution in [0.1, 0.15) is 380 Å². The second kappa shape index (κ2) is 78.5. The zero-order chi connectivity index (χ0) is 71.8. The van der Waals surface area contributed by atoms with Crippen molar-refractivity contribution in [1.82, 2.24) is 0 Å². The van der Waals surface area contributed by atoms with Gasteiger partial charge in [0.1, 0.15) is 19.8 Å². The topological polar surface area (TPSA) is 111 Å². The minimum Gasteiger partial charge on any atom is -0.756 e. The van der Waals surface area contributed by atoms with Crippen LogP contribution in [0.3, 0.4) is 0 Å². The van der Waals surface area contributed by atoms with Crippen LogP contribution < -0.4 is 4.89 Å². The average molecular weight is 1400 g/mol. The van der Waals surface area contributed by atoms with Crippen LogP contribution in [-0.4, -0.2) is 70.0 Å². The fourth-order valence-corrected chi connectivity index (χ4v) is 12.7. The van der Waals surface area contributed by atoms with Gasteiger partial charge in [0.2, 0.25) is 0 Å². The molecule has 0 aliphatic rings. The second-order valence-electron chi connectivity index (χ2n) is 29.1. The number of carbonyl (C=O) groups excluding carboxylic acids is 2. The Morgan fingerprint density at radius 1 is 0.323 bits per heavy atom. The molecule has 0 saturated carbocycles. The van der Waals surface area contributed by atoms with Crippen LogP contribution in [0.15, 0.2) is 122 Å². The van der Waals surface area contributed by atoms with Gasteiger partial charge in [-0.15, -0.1) is 0 Å². The number of phosphoric ester groups is 1. The van der Waals surface area contributed by atoms with E-state index in [4.69, 9.17) is 18.5 Å². The standard InChI is InChI=1S/C89H158NO8P/c1-6-8-10-12-14-16-18-20-22-24-26-28-30-32-34-36-38-40-42-43-44-45-46-47-48-50-52-54-56-58-60-62-64-66-68-70-72-74-76-78-80-82-89(92)98-87(86-97-99(93,94)96-84-83-90(3,4)5)85-95-88(91)81-79-77-75-73-71-69-67-65-63-61-59-57-55-53-51-49-41-39-37-35-33-31-29-27-25-23-21-19-17-15-13-11-9-7-2/h8,10,14,16,20,22,26,28,32,34,38,40,43-44,46-47,50,52,56,58,87H,6-7,9,11-13,15,17-19,21,23-25,27,29-31,33,35-37,39,41-42,45,48-49,51,53-55,57,59-86H2,1-5H3/b10-8-,16-14-,22-20-,28-26-,34-32-,40-38-,44-43-,47-46-,52-50-,58-56-. The first-order chi connectivity index (χ1) is 48.5. The molecule has 9 nitrogen and oxygen atoms in total. The summed E-state index contributed by atoms with van der Waals surface area (Å²) < 4.78 is 34.4. The molecule has 0 aromatic carbocycles. The van der Waals surface area contributed by atoms with Gasteiger partial charge in [0, 0.05) is 12.8 Å². The van der Waals surface area contributed by atoms with Crippen molar-refractivity contribution in [2.24, 2.45) is 0 Å². The molecule has 572 valence electrons. The number of hydrogen-bond acceptors (Lipinski definition) is 8. The van der Waals surface area contributed by atoms with E-state index in [-0.39, 0.29) is 32.0 Å². The first kappa shape index (κ1) is 95.4. The molecule has 0 aliphatic carbocycles. The Morgan fingerprint density at radius 3 is 0.859 bits per heavy atom. The largest absolute Gasteiger partial charge is 0.756 e. The molecular weight excluding hydrogens is 1240 g/mol. The minimum atomic E-state index is -4.65. The van der Waals surface area contributed by atoms with Crippen LogP contribution in [0.2, 0.25) is 0 Å². The summed E-state index contributed by atoms with van der Waals surface area (Å²) in [5.41, 5.74) is 0. The molecular formula is C89H158NO8P. The Kier molecular flexibility index (Phi) is 75.7. The molecule has 99 heavy (non-hydrogen) atoms. The summed E-state index contributed by atoms with van der Waals surface area (Å²) in [6, 6.07) is 0. The predicted octanol–water partition coefficient (Wildman–Crippen LogP) is 27.5. The lowest BCUT2D eigenvalue weighted by atomic mass is 10.0. The van der Waals surface area contributed by atoms with Gasteiger partial charge in [0.15, 0.2) is 6.10 Å². The van der Waals surface area contributed by atoms with Crippen LogP contribution in [-0.2, 0) is 32.7 Å². The first-order valence-corrected chi connectivity index (χ1v) is 43.2. The normalized spacial score (nSPS) is 13.6. The number of phosphoric acid groups is 1. The molecule has 0 heterocycles. The van der Waals surface area contributed by atoms with Crippen molar-refractivity contribution in [2.45, 2.75) is 386 Å². The van der Waals surface area contributed by atoms with Gasteiger partial charge >= 0.3 is 11.9 Å². The van der Waals surface area contributed by atoms with Crippen molar-refractivity contribution < 1.29 is 42.1 Å². The van der Waals surface area contributed by atoms with Crippen LogP contribution in [0, 0.1) is 0 Å². The van der Waals surface area contributed by atoms with Gasteiger partial charge in [-0.25, -0.2) is 0 Å². The van der Waals surface area contributed by atoms with E-state index in [0.717, 1.165) is 109 Å². The van der Waals surface area contributed by atoms with E-state index in [1.807, 2.05) is 21.1 Å². The summed E-state index contributed by atoms with van der Waals surface area (Å²) in [6.07, 6.45) is 113. The van der Waals surface area contributed by atoms with Gasteiger partial charge in [-0.3, -0.25) is 14.2 Å². The Bertz CT molecular complexity index is 2090. The lowest BCUT2D eigenvalue weighted by molar-refractivity contribution is -0.870. The summed E-state index contributed by atoms with van der Waals surface area (Å²) in [7, 11) is 1.17. The number of esters is 2. The van der Waals surface area contributed by atoms with E-state index in [9.17, 15) is 19.0 Å². The SMILES string of the molecule is CC/C=C\C/C=C\C/C=C\C/C=C\C/C=C\C/C=C\C/C=C\C/C=C\C/C=C\C/C=C\CCCCCCCCCCCCC(=O)OC(COC(=O)CCCCCCCCCCCCCCCCCCCCCCCCCCCCCCCCCCCC)COP(=O)([O-])OCC[N+](C)(C)C. The Balaban J connectivity index is 3.99. The highest BCUT2D eigenvalue weighted by atomic mass is 31.2. The Labute approximate surface area is 613 Å². The van der Waals surface area contributed by atoms with Gasteiger partial charge < -0.3 is 27.9 Å². The van der Waals surface area contributed by atoms with E-state index in [1.54, 1.807) is 0 Å². The van der Waals surface area contributed by atoms with Crippen molar-refractivity contribution in [3.8, 4) is 0 Å². The fourth-order valence-electron chi connectivity index (χ4n) is 11.9. The van der Waals surface area contributed by atoms with E-state index in [0.29, 0.717) is 17.4 Å². The zero-order valence-corrected chi connectivity index (χ0v) is 66.3. The maximum atomic E-state index is 12.9. The fraction of sp³-hybridized carbons (Fsp3) is 0.753. The van der Waals surface area contributed by atoms with Gasteiger partial charge in [0.05, 0.1) is 27.7 Å². The Hall–Kier alpha value is -3.59. The van der Waals surface area contributed by atoms with Gasteiger partial charge in [0.25, 0.3) is 7.82 Å². The van der Waals surface area contributed by atoms with Crippen molar-refractivity contribution in [2.75, 3.05) is 47.5 Å². The molecule has 0 saturated heterocycles. The number of likely N-dealkylation sites (N-methyl/N-ethyl adjacent to an activating group) is 1. The van der Waals surface area contributed by atoms with Gasteiger partial charge in [-0.2, -0.15) is 0 Å². The third-order valence-electron chi connectivity index (χ3n) is 18.2. The molecule has 0 N–H and O–H groups in total. The number of nitrogens with zero attached hydrogens (tertiary/aromatic N) is 1. The summed E-state index contributed by atoms with van der Waals surface area (Å²) >= 11 is 0. The second-order valence-corrected chi connectivity index (χ2v) is 30.5. The molecule has 0 aliphatic heterocycles. The predicted molar refractivity (Wildman–Crippen MR) is 429 cm³/mol. The molecule has 0 aromatic rings. The maximum Gasteiger partial charge on any atom is 0.306 e. The van der Waals surface area contributed by atoms with Gasteiger partial charge in [-0.05, 0) is 89.9 Å². The number of rotatable bonds is 77. The number of carbonyl (C=O) groups is 2. The van der Waals surface area contributed by atoms with E-state index >= 15 is 0 Å². The van der Waals surface area contributed by atoms with Crippen molar-refractivity contribution in [3.05, 3.63) is 122 Å². The summed E-state index contributed by atoms with van der Waals surface area (Å²) in [5.74, 6) is -0.827. The lowest BCUT2D eigenvalue weighted by Crippen LogP contribution is -2.37. The minimum absolute atomic E-state index is 0.0345. The molecule has 10 heteroatoms. The Morgan fingerprint density at radius 2 is 0.576 bits per heavy atom. The number of ether oxygens (including phenoxy) is 2. The third-order valence-corrected chi connectivity index (χ3v) is 19.2.